The van der Waals surface area contributed by atoms with E-state index in [9.17, 15) is 0 Å². The lowest BCUT2D eigenvalue weighted by atomic mass is 10.4. The summed E-state index contributed by atoms with van der Waals surface area (Å²) in [5.41, 5.74) is 5.76. The molecule has 0 saturated heterocycles. The maximum absolute atomic E-state index is 5.76. The van der Waals surface area contributed by atoms with Crippen molar-refractivity contribution < 1.29 is 4.74 Å². The van der Waals surface area contributed by atoms with E-state index in [2.05, 4.69) is 28.3 Å². The summed E-state index contributed by atoms with van der Waals surface area (Å²) in [6, 6.07) is 0. The van der Waals surface area contributed by atoms with Crippen LogP contribution in [0, 0.1) is 0 Å². The number of nitrogens with zero attached hydrogens (tertiary/aromatic N) is 3. The standard InChI is InChI=1S/C10H20N4OS/c1-5-15-8-9(11)12-16-10(8)14(4)7-6-13(2)3/h5-7H2,1-4H3,(H2,11,12). The summed E-state index contributed by atoms with van der Waals surface area (Å²) in [6.45, 7) is 4.46. The Balaban J connectivity index is 2.70. The molecule has 0 bridgehead atoms. The zero-order chi connectivity index (χ0) is 12.1. The highest BCUT2D eigenvalue weighted by molar-refractivity contribution is 7.11. The van der Waals surface area contributed by atoms with Gasteiger partial charge in [-0.1, -0.05) is 0 Å². The Hall–Kier alpha value is -1.01. The zero-order valence-corrected chi connectivity index (χ0v) is 11.2. The van der Waals surface area contributed by atoms with E-state index in [1.807, 2.05) is 14.0 Å². The summed E-state index contributed by atoms with van der Waals surface area (Å²) in [5.74, 6) is 1.20. The number of aromatic nitrogens is 1. The molecule has 92 valence electrons. The largest absolute Gasteiger partial charge is 0.487 e. The van der Waals surface area contributed by atoms with Crippen LogP contribution in [0.4, 0.5) is 10.8 Å². The molecule has 0 unspecified atom stereocenters. The first-order chi connectivity index (χ1) is 7.56. The summed E-state index contributed by atoms with van der Waals surface area (Å²) in [5, 5.41) is 1.00. The number of rotatable bonds is 6. The second-order valence-corrected chi connectivity index (χ2v) is 4.61. The highest BCUT2D eigenvalue weighted by Gasteiger charge is 2.16. The summed E-state index contributed by atoms with van der Waals surface area (Å²) in [7, 11) is 6.13. The fourth-order valence-corrected chi connectivity index (χ4v) is 2.00. The number of hydrogen-bond donors (Lipinski definition) is 1. The van der Waals surface area contributed by atoms with Crippen LogP contribution >= 0.6 is 11.5 Å². The van der Waals surface area contributed by atoms with Gasteiger partial charge in [0.15, 0.2) is 16.6 Å². The van der Waals surface area contributed by atoms with Crippen molar-refractivity contribution in [3.63, 3.8) is 0 Å². The number of hydrogen-bond acceptors (Lipinski definition) is 6. The van der Waals surface area contributed by atoms with Crippen molar-refractivity contribution in [2.45, 2.75) is 6.92 Å². The van der Waals surface area contributed by atoms with Crippen LogP contribution in [0.3, 0.4) is 0 Å². The Kier molecular flexibility index (Phi) is 4.82. The third kappa shape index (κ3) is 3.24. The van der Waals surface area contributed by atoms with Crippen LogP contribution in [0.1, 0.15) is 6.92 Å². The van der Waals surface area contributed by atoms with Gasteiger partial charge in [0.1, 0.15) is 0 Å². The van der Waals surface area contributed by atoms with Gasteiger partial charge in [-0.25, -0.2) is 0 Å². The van der Waals surface area contributed by atoms with E-state index in [0.717, 1.165) is 18.1 Å². The molecule has 2 N–H and O–H groups in total. The topological polar surface area (TPSA) is 54.6 Å². The summed E-state index contributed by atoms with van der Waals surface area (Å²) in [4.78, 5) is 4.26. The minimum atomic E-state index is 0.485. The highest BCUT2D eigenvalue weighted by atomic mass is 32.1. The number of nitrogens with two attached hydrogens (primary N) is 1. The monoisotopic (exact) mass is 244 g/mol. The van der Waals surface area contributed by atoms with E-state index in [0.29, 0.717) is 18.2 Å². The van der Waals surface area contributed by atoms with Gasteiger partial charge in [0.25, 0.3) is 0 Å². The zero-order valence-electron chi connectivity index (χ0n) is 10.4. The Bertz CT molecular complexity index is 327. The van der Waals surface area contributed by atoms with Gasteiger partial charge in [-0.2, -0.15) is 4.37 Å². The second-order valence-electron chi connectivity index (χ2n) is 3.86. The number of likely N-dealkylation sites (N-methyl/N-ethyl adjacent to an activating group) is 2. The molecule has 6 heteroatoms. The van der Waals surface area contributed by atoms with Crippen molar-refractivity contribution >= 4 is 22.4 Å². The summed E-state index contributed by atoms with van der Waals surface area (Å²) in [6.07, 6.45) is 0. The van der Waals surface area contributed by atoms with Crippen LogP contribution in [-0.2, 0) is 0 Å². The molecular formula is C10H20N4OS. The number of ether oxygens (including phenoxy) is 1. The molecule has 1 heterocycles. The van der Waals surface area contributed by atoms with Gasteiger partial charge >= 0.3 is 0 Å². The van der Waals surface area contributed by atoms with Crippen molar-refractivity contribution in [2.24, 2.45) is 0 Å². The highest BCUT2D eigenvalue weighted by Crippen LogP contribution is 2.37. The maximum Gasteiger partial charge on any atom is 0.197 e. The number of anilines is 2. The summed E-state index contributed by atoms with van der Waals surface area (Å²) >= 11 is 1.38. The molecule has 16 heavy (non-hydrogen) atoms. The van der Waals surface area contributed by atoms with Crippen molar-refractivity contribution in [3.05, 3.63) is 0 Å². The molecule has 1 aromatic rings. The molecule has 0 fully saturated rings. The molecule has 0 amide bonds. The van der Waals surface area contributed by atoms with E-state index < -0.39 is 0 Å². The Morgan fingerprint density at radius 3 is 2.56 bits per heavy atom. The molecule has 0 spiro atoms. The van der Waals surface area contributed by atoms with Crippen molar-refractivity contribution in [1.29, 1.82) is 0 Å². The Labute approximate surface area is 101 Å². The van der Waals surface area contributed by atoms with Crippen LogP contribution < -0.4 is 15.4 Å². The van der Waals surface area contributed by atoms with Crippen molar-refractivity contribution in [1.82, 2.24) is 9.27 Å². The third-order valence-electron chi connectivity index (χ3n) is 2.18. The SMILES string of the molecule is CCOc1c(N)nsc1N(C)CCN(C)C. The van der Waals surface area contributed by atoms with Crippen LogP contribution in [0.5, 0.6) is 5.75 Å². The molecule has 0 saturated carbocycles. The molecule has 0 aliphatic carbocycles. The first-order valence-corrected chi connectivity index (χ1v) is 6.07. The van der Waals surface area contributed by atoms with Crippen LogP contribution in [-0.4, -0.2) is 50.1 Å². The van der Waals surface area contributed by atoms with E-state index in [-0.39, 0.29) is 0 Å². The van der Waals surface area contributed by atoms with E-state index in [4.69, 9.17) is 10.5 Å². The van der Waals surface area contributed by atoms with Crippen molar-refractivity contribution in [2.75, 3.05) is 51.5 Å². The normalized spacial score (nSPS) is 10.8. The summed E-state index contributed by atoms with van der Waals surface area (Å²) < 4.78 is 9.63. The van der Waals surface area contributed by atoms with E-state index >= 15 is 0 Å². The van der Waals surface area contributed by atoms with Crippen LogP contribution in [0.2, 0.25) is 0 Å². The van der Waals surface area contributed by atoms with Gasteiger partial charge in [-0.15, -0.1) is 0 Å². The average molecular weight is 244 g/mol. The molecule has 0 atom stereocenters. The predicted molar refractivity (Wildman–Crippen MR) is 69.5 cm³/mol. The molecular weight excluding hydrogens is 224 g/mol. The third-order valence-corrected chi connectivity index (χ3v) is 3.13. The number of nitrogen functional groups attached to an aromatic ring is 1. The lowest BCUT2D eigenvalue weighted by Crippen LogP contribution is -2.28. The Morgan fingerprint density at radius 1 is 1.31 bits per heavy atom. The molecule has 5 nitrogen and oxygen atoms in total. The molecule has 0 aliphatic heterocycles. The first kappa shape index (κ1) is 13.1. The van der Waals surface area contributed by atoms with Crippen LogP contribution in [0.15, 0.2) is 0 Å². The minimum absolute atomic E-state index is 0.485. The molecule has 1 aromatic heterocycles. The fraction of sp³-hybridized carbons (Fsp3) is 0.700. The van der Waals surface area contributed by atoms with Gasteiger partial charge in [0.05, 0.1) is 6.61 Å². The van der Waals surface area contributed by atoms with Gasteiger partial charge in [0, 0.05) is 20.1 Å². The lowest BCUT2D eigenvalue weighted by Gasteiger charge is -2.20. The van der Waals surface area contributed by atoms with E-state index in [1.165, 1.54) is 11.5 Å². The quantitative estimate of drug-likeness (QED) is 0.813. The molecule has 0 radical (unpaired) electrons. The minimum Gasteiger partial charge on any atom is -0.487 e. The molecule has 0 aromatic carbocycles. The van der Waals surface area contributed by atoms with Gasteiger partial charge in [-0.3, -0.25) is 0 Å². The van der Waals surface area contributed by atoms with Gasteiger partial charge in [0.2, 0.25) is 0 Å². The van der Waals surface area contributed by atoms with Gasteiger partial charge in [-0.05, 0) is 32.6 Å². The second kappa shape index (κ2) is 5.91. The van der Waals surface area contributed by atoms with E-state index in [1.54, 1.807) is 0 Å². The van der Waals surface area contributed by atoms with Crippen LogP contribution in [0.25, 0.3) is 0 Å². The fourth-order valence-electron chi connectivity index (χ4n) is 1.26. The smallest absolute Gasteiger partial charge is 0.197 e. The van der Waals surface area contributed by atoms with Crippen molar-refractivity contribution in [3.8, 4) is 5.75 Å². The molecule has 1 rings (SSSR count). The Morgan fingerprint density at radius 2 is 2.00 bits per heavy atom. The molecule has 0 aliphatic rings. The predicted octanol–water partition coefficient (Wildman–Crippen LogP) is 1.12. The lowest BCUT2D eigenvalue weighted by molar-refractivity contribution is 0.342. The average Bonchev–Trinajstić information content (AvgIpc) is 2.58. The van der Waals surface area contributed by atoms with Gasteiger partial charge < -0.3 is 20.3 Å². The maximum atomic E-state index is 5.76. The first-order valence-electron chi connectivity index (χ1n) is 5.30.